The van der Waals surface area contributed by atoms with Crippen LogP contribution in [0.15, 0.2) is 24.3 Å². The van der Waals surface area contributed by atoms with Crippen molar-refractivity contribution in [3.8, 4) is 0 Å². The van der Waals surface area contributed by atoms with Gasteiger partial charge < -0.3 is 4.74 Å². The van der Waals surface area contributed by atoms with Gasteiger partial charge in [0.1, 0.15) is 5.82 Å². The molecule has 17 heavy (non-hydrogen) atoms. The summed E-state index contributed by atoms with van der Waals surface area (Å²) >= 11 is 0. The second kappa shape index (κ2) is 4.28. The minimum atomic E-state index is -1.22. The average Bonchev–Trinajstić information content (AvgIpc) is 2.72. The van der Waals surface area contributed by atoms with Crippen LogP contribution >= 0.6 is 0 Å². The molecule has 0 N–H and O–H groups in total. The fourth-order valence-electron chi connectivity index (χ4n) is 2.41. The third-order valence-electron chi connectivity index (χ3n) is 3.30. The Morgan fingerprint density at radius 2 is 2.00 bits per heavy atom. The second-order valence-electron chi connectivity index (χ2n) is 4.18. The summed E-state index contributed by atoms with van der Waals surface area (Å²) in [5.41, 5.74) is -0.698. The van der Waals surface area contributed by atoms with Crippen molar-refractivity contribution in [1.29, 1.82) is 0 Å². The molecule has 0 spiro atoms. The molecule has 1 aromatic carbocycles. The number of hydrogen-bond donors (Lipinski definition) is 0. The molecule has 1 aliphatic rings. The van der Waals surface area contributed by atoms with Crippen LogP contribution in [0.25, 0.3) is 0 Å². The molecule has 1 aromatic rings. The molecule has 0 amide bonds. The Hall–Kier alpha value is -1.71. The molecule has 2 rings (SSSR count). The highest BCUT2D eigenvalue weighted by Gasteiger charge is 2.50. The third-order valence-corrected chi connectivity index (χ3v) is 3.30. The number of halogens is 1. The molecule has 1 atom stereocenters. The van der Waals surface area contributed by atoms with E-state index in [2.05, 4.69) is 0 Å². The SMILES string of the molecule is COC(=O)[C@]1(c2ccc(F)cc2)CCCC1=O. The Kier molecular flexibility index (Phi) is 2.96. The molecule has 0 heterocycles. The molecule has 0 unspecified atom stereocenters. The number of Topliss-reactive ketones (excluding diaryl/α,β-unsaturated/α-hetero) is 1. The Bertz CT molecular complexity index is 452. The summed E-state index contributed by atoms with van der Waals surface area (Å²) in [7, 11) is 1.26. The van der Waals surface area contributed by atoms with Gasteiger partial charge in [-0.25, -0.2) is 4.39 Å². The van der Waals surface area contributed by atoms with Crippen molar-refractivity contribution in [2.75, 3.05) is 7.11 Å². The van der Waals surface area contributed by atoms with Gasteiger partial charge in [0.2, 0.25) is 0 Å². The third kappa shape index (κ3) is 1.73. The summed E-state index contributed by atoms with van der Waals surface area (Å²) < 4.78 is 17.6. The van der Waals surface area contributed by atoms with E-state index in [4.69, 9.17) is 4.74 Å². The summed E-state index contributed by atoms with van der Waals surface area (Å²) in [6.07, 6.45) is 1.46. The van der Waals surface area contributed by atoms with Crippen LogP contribution in [0, 0.1) is 5.82 Å². The first kappa shape index (κ1) is 11.8. The van der Waals surface area contributed by atoms with Crippen molar-refractivity contribution in [3.63, 3.8) is 0 Å². The van der Waals surface area contributed by atoms with E-state index in [9.17, 15) is 14.0 Å². The van der Waals surface area contributed by atoms with Gasteiger partial charge in [-0.1, -0.05) is 12.1 Å². The molecule has 0 aromatic heterocycles. The number of benzene rings is 1. The normalized spacial score (nSPS) is 23.8. The lowest BCUT2D eigenvalue weighted by molar-refractivity contribution is -0.150. The maximum atomic E-state index is 12.9. The monoisotopic (exact) mass is 236 g/mol. The van der Waals surface area contributed by atoms with Crippen LogP contribution in [-0.4, -0.2) is 18.9 Å². The first-order chi connectivity index (χ1) is 8.11. The highest BCUT2D eigenvalue weighted by atomic mass is 19.1. The Morgan fingerprint density at radius 1 is 1.35 bits per heavy atom. The van der Waals surface area contributed by atoms with Gasteiger partial charge in [-0.15, -0.1) is 0 Å². The highest BCUT2D eigenvalue weighted by molar-refractivity contribution is 6.11. The number of carbonyl (C=O) groups excluding carboxylic acids is 2. The highest BCUT2D eigenvalue weighted by Crippen LogP contribution is 2.39. The van der Waals surface area contributed by atoms with E-state index < -0.39 is 11.4 Å². The van der Waals surface area contributed by atoms with Gasteiger partial charge >= 0.3 is 5.97 Å². The molecule has 1 aliphatic carbocycles. The molecule has 0 aliphatic heterocycles. The lowest BCUT2D eigenvalue weighted by atomic mass is 9.78. The number of carbonyl (C=O) groups is 2. The smallest absolute Gasteiger partial charge is 0.323 e. The maximum absolute atomic E-state index is 12.9. The molecule has 1 saturated carbocycles. The van der Waals surface area contributed by atoms with Gasteiger partial charge in [0.15, 0.2) is 11.2 Å². The zero-order chi connectivity index (χ0) is 12.5. The molecule has 0 bridgehead atoms. The van der Waals surface area contributed by atoms with Gasteiger partial charge in [-0.2, -0.15) is 0 Å². The van der Waals surface area contributed by atoms with Crippen molar-refractivity contribution >= 4 is 11.8 Å². The Labute approximate surface area is 98.6 Å². The minimum Gasteiger partial charge on any atom is -0.468 e. The lowest BCUT2D eigenvalue weighted by Crippen LogP contribution is -2.40. The number of hydrogen-bond acceptors (Lipinski definition) is 3. The quantitative estimate of drug-likeness (QED) is 0.582. The number of ether oxygens (including phenoxy) is 1. The number of ketones is 1. The van der Waals surface area contributed by atoms with Gasteiger partial charge in [-0.05, 0) is 30.5 Å². The van der Waals surface area contributed by atoms with Crippen molar-refractivity contribution in [3.05, 3.63) is 35.6 Å². The van der Waals surface area contributed by atoms with E-state index in [0.717, 1.165) is 0 Å². The number of methoxy groups -OCH3 is 1. The molecule has 90 valence electrons. The van der Waals surface area contributed by atoms with Gasteiger partial charge in [0.05, 0.1) is 7.11 Å². The first-order valence-corrected chi connectivity index (χ1v) is 5.49. The minimum absolute atomic E-state index is 0.143. The largest absolute Gasteiger partial charge is 0.468 e. The zero-order valence-corrected chi connectivity index (χ0v) is 9.53. The van der Waals surface area contributed by atoms with E-state index in [1.807, 2.05) is 0 Å². The zero-order valence-electron chi connectivity index (χ0n) is 9.53. The fraction of sp³-hybridized carbons (Fsp3) is 0.385. The molecule has 0 radical (unpaired) electrons. The van der Waals surface area contributed by atoms with Crippen LogP contribution in [0.3, 0.4) is 0 Å². The van der Waals surface area contributed by atoms with E-state index in [-0.39, 0.29) is 11.6 Å². The molecular formula is C13H13FO3. The summed E-state index contributed by atoms with van der Waals surface area (Å²) in [5.74, 6) is -1.08. The maximum Gasteiger partial charge on any atom is 0.323 e. The van der Waals surface area contributed by atoms with E-state index in [1.165, 1.54) is 31.4 Å². The van der Waals surface area contributed by atoms with Crippen molar-refractivity contribution < 1.29 is 18.7 Å². The van der Waals surface area contributed by atoms with E-state index in [0.29, 0.717) is 24.8 Å². The van der Waals surface area contributed by atoms with Crippen LogP contribution in [0.5, 0.6) is 0 Å². The molecular weight excluding hydrogens is 223 g/mol. The predicted octanol–water partition coefficient (Wildman–Crippen LogP) is 1.99. The molecule has 0 saturated heterocycles. The van der Waals surface area contributed by atoms with Crippen LogP contribution in [-0.2, 0) is 19.7 Å². The van der Waals surface area contributed by atoms with Crippen molar-refractivity contribution in [1.82, 2.24) is 0 Å². The standard InChI is InChI=1S/C13H13FO3/c1-17-12(16)13(8-2-3-11(13)15)9-4-6-10(14)7-5-9/h4-7H,2-3,8H2,1H3/t13-/m0/s1. The van der Waals surface area contributed by atoms with Crippen LogP contribution in [0.2, 0.25) is 0 Å². The van der Waals surface area contributed by atoms with Crippen LogP contribution < -0.4 is 0 Å². The summed E-state index contributed by atoms with van der Waals surface area (Å²) in [5, 5.41) is 0. The van der Waals surface area contributed by atoms with Gasteiger partial charge in [-0.3, -0.25) is 9.59 Å². The number of rotatable bonds is 2. The predicted molar refractivity (Wildman–Crippen MR) is 59.0 cm³/mol. The van der Waals surface area contributed by atoms with Gasteiger partial charge in [0, 0.05) is 6.42 Å². The molecule has 3 nitrogen and oxygen atoms in total. The summed E-state index contributed by atoms with van der Waals surface area (Å²) in [6, 6.07) is 5.47. The summed E-state index contributed by atoms with van der Waals surface area (Å²) in [4.78, 5) is 23.9. The molecule has 1 fully saturated rings. The average molecular weight is 236 g/mol. The Morgan fingerprint density at radius 3 is 2.47 bits per heavy atom. The first-order valence-electron chi connectivity index (χ1n) is 5.49. The number of esters is 1. The fourth-order valence-corrected chi connectivity index (χ4v) is 2.41. The van der Waals surface area contributed by atoms with Crippen LogP contribution in [0.1, 0.15) is 24.8 Å². The topological polar surface area (TPSA) is 43.4 Å². The lowest BCUT2D eigenvalue weighted by Gasteiger charge is -2.24. The summed E-state index contributed by atoms with van der Waals surface area (Å²) in [6.45, 7) is 0. The second-order valence-corrected chi connectivity index (χ2v) is 4.18. The van der Waals surface area contributed by atoms with Crippen molar-refractivity contribution in [2.45, 2.75) is 24.7 Å². The van der Waals surface area contributed by atoms with Gasteiger partial charge in [0.25, 0.3) is 0 Å². The van der Waals surface area contributed by atoms with E-state index in [1.54, 1.807) is 0 Å². The van der Waals surface area contributed by atoms with E-state index >= 15 is 0 Å². The Balaban J connectivity index is 2.51. The van der Waals surface area contributed by atoms with Crippen LogP contribution in [0.4, 0.5) is 4.39 Å². The van der Waals surface area contributed by atoms with Crippen molar-refractivity contribution in [2.24, 2.45) is 0 Å². The molecule has 4 heteroatoms.